The summed E-state index contributed by atoms with van der Waals surface area (Å²) >= 11 is 0. The summed E-state index contributed by atoms with van der Waals surface area (Å²) in [4.78, 5) is 18.3. The van der Waals surface area contributed by atoms with E-state index in [0.29, 0.717) is 24.7 Å². The topological polar surface area (TPSA) is 68.5 Å². The molecule has 2 atom stereocenters. The van der Waals surface area contributed by atoms with Gasteiger partial charge in [-0.1, -0.05) is 5.16 Å². The molecular formula is C16H17F2N3O3. The van der Waals surface area contributed by atoms with Crippen LogP contribution in [0.2, 0.25) is 0 Å². The number of aryl methyl sites for hydroxylation is 1. The summed E-state index contributed by atoms with van der Waals surface area (Å²) in [7, 11) is 1.56. The van der Waals surface area contributed by atoms with Gasteiger partial charge in [0.1, 0.15) is 17.7 Å². The lowest BCUT2D eigenvalue weighted by atomic mass is 10.1. The number of halogens is 2. The smallest absolute Gasteiger partial charge is 0.249 e. The zero-order chi connectivity index (χ0) is 17.3. The minimum absolute atomic E-state index is 0.0151. The normalized spacial score (nSPS) is 20.6. The first kappa shape index (κ1) is 16.5. The van der Waals surface area contributed by atoms with Gasteiger partial charge in [-0.15, -0.1) is 0 Å². The number of benzene rings is 1. The highest BCUT2D eigenvalue weighted by molar-refractivity contribution is 5.79. The Labute approximate surface area is 137 Å². The van der Waals surface area contributed by atoms with Crippen LogP contribution in [0.1, 0.15) is 29.7 Å². The van der Waals surface area contributed by atoms with Gasteiger partial charge >= 0.3 is 0 Å². The molecule has 8 heteroatoms. The van der Waals surface area contributed by atoms with E-state index in [1.165, 1.54) is 4.90 Å². The van der Waals surface area contributed by atoms with Gasteiger partial charge < -0.3 is 14.2 Å². The molecule has 1 aliphatic heterocycles. The third-order valence-corrected chi connectivity index (χ3v) is 4.09. The minimum atomic E-state index is -0.613. The summed E-state index contributed by atoms with van der Waals surface area (Å²) in [6, 6.07) is 2.63. The van der Waals surface area contributed by atoms with Crippen LogP contribution in [-0.2, 0) is 16.0 Å². The fourth-order valence-electron chi connectivity index (χ4n) is 2.87. The third-order valence-electron chi connectivity index (χ3n) is 4.09. The summed E-state index contributed by atoms with van der Waals surface area (Å²) < 4.78 is 37.6. The van der Waals surface area contributed by atoms with Gasteiger partial charge in [0, 0.05) is 25.6 Å². The van der Waals surface area contributed by atoms with Gasteiger partial charge in [-0.05, 0) is 25.1 Å². The van der Waals surface area contributed by atoms with Crippen LogP contribution in [0.4, 0.5) is 8.78 Å². The number of nitrogens with zero attached hydrogens (tertiary/aromatic N) is 3. The summed E-state index contributed by atoms with van der Waals surface area (Å²) in [6.45, 7) is 2.02. The Bertz CT molecular complexity index is 750. The van der Waals surface area contributed by atoms with Crippen molar-refractivity contribution in [2.75, 3.05) is 13.7 Å². The molecule has 1 aromatic heterocycles. The molecule has 0 aliphatic carbocycles. The first-order valence-electron chi connectivity index (χ1n) is 7.54. The molecule has 1 saturated heterocycles. The largest absolute Gasteiger partial charge is 0.380 e. The maximum atomic E-state index is 13.8. The van der Waals surface area contributed by atoms with Crippen LogP contribution < -0.4 is 0 Å². The number of rotatable bonds is 4. The molecule has 0 bridgehead atoms. The molecule has 24 heavy (non-hydrogen) atoms. The van der Waals surface area contributed by atoms with E-state index in [2.05, 4.69) is 10.1 Å². The Kier molecular flexibility index (Phi) is 4.57. The van der Waals surface area contributed by atoms with Crippen molar-refractivity contribution in [3.8, 4) is 0 Å². The van der Waals surface area contributed by atoms with Crippen molar-refractivity contribution < 1.29 is 22.8 Å². The number of hydrogen-bond donors (Lipinski definition) is 0. The Morgan fingerprint density at radius 1 is 1.46 bits per heavy atom. The maximum absolute atomic E-state index is 13.8. The molecule has 1 aliphatic rings. The Morgan fingerprint density at radius 3 is 2.92 bits per heavy atom. The van der Waals surface area contributed by atoms with Crippen LogP contribution in [0.5, 0.6) is 0 Å². The molecule has 0 saturated carbocycles. The zero-order valence-electron chi connectivity index (χ0n) is 13.3. The molecule has 1 aromatic carbocycles. The fraction of sp³-hybridized carbons (Fsp3) is 0.438. The predicted octanol–water partition coefficient (Wildman–Crippen LogP) is 2.19. The quantitative estimate of drug-likeness (QED) is 0.855. The van der Waals surface area contributed by atoms with E-state index < -0.39 is 17.7 Å². The highest BCUT2D eigenvalue weighted by atomic mass is 19.1. The second-order valence-corrected chi connectivity index (χ2v) is 5.75. The van der Waals surface area contributed by atoms with Gasteiger partial charge in [-0.25, -0.2) is 8.78 Å². The van der Waals surface area contributed by atoms with Crippen LogP contribution in [0.15, 0.2) is 22.7 Å². The summed E-state index contributed by atoms with van der Waals surface area (Å²) in [6.07, 6.45) is 0.0857. The molecule has 3 rings (SSSR count). The Morgan fingerprint density at radius 2 is 2.25 bits per heavy atom. The average Bonchev–Trinajstić information content (AvgIpc) is 3.16. The van der Waals surface area contributed by atoms with Crippen molar-refractivity contribution in [3.63, 3.8) is 0 Å². The van der Waals surface area contributed by atoms with Crippen LogP contribution in [0.3, 0.4) is 0 Å². The number of aromatic nitrogens is 2. The van der Waals surface area contributed by atoms with Crippen molar-refractivity contribution in [2.24, 2.45) is 0 Å². The fourth-order valence-corrected chi connectivity index (χ4v) is 2.87. The van der Waals surface area contributed by atoms with Gasteiger partial charge in [-0.3, -0.25) is 4.79 Å². The summed E-state index contributed by atoms with van der Waals surface area (Å²) in [5.74, 6) is -0.758. The predicted molar refractivity (Wildman–Crippen MR) is 79.0 cm³/mol. The molecule has 0 spiro atoms. The van der Waals surface area contributed by atoms with E-state index in [1.54, 1.807) is 14.0 Å². The first-order chi connectivity index (χ1) is 11.5. The molecule has 0 N–H and O–H groups in total. The minimum Gasteiger partial charge on any atom is -0.380 e. The molecule has 2 aromatic rings. The highest BCUT2D eigenvalue weighted by Crippen LogP contribution is 2.33. The van der Waals surface area contributed by atoms with Gasteiger partial charge in [-0.2, -0.15) is 4.98 Å². The molecular weight excluding hydrogens is 320 g/mol. The molecule has 2 heterocycles. The van der Waals surface area contributed by atoms with E-state index in [-0.39, 0.29) is 24.0 Å². The molecule has 0 radical (unpaired) electrons. The summed E-state index contributed by atoms with van der Waals surface area (Å²) in [5, 5.41) is 3.74. The standard InChI is InChI=1S/C16H17F2N3O3/c1-9-19-16(24-20-9)14-7-12(23-2)8-21(14)15(22)6-10-5-11(17)3-4-13(10)18/h3-5,12,14H,6-8H2,1-2H3/t12-,14-/m1/s1. The van der Waals surface area contributed by atoms with Crippen molar-refractivity contribution in [2.45, 2.75) is 31.9 Å². The van der Waals surface area contributed by atoms with Crippen molar-refractivity contribution in [3.05, 3.63) is 47.1 Å². The monoisotopic (exact) mass is 337 g/mol. The van der Waals surface area contributed by atoms with E-state index in [4.69, 9.17) is 9.26 Å². The number of hydrogen-bond acceptors (Lipinski definition) is 5. The lowest BCUT2D eigenvalue weighted by molar-refractivity contribution is -0.132. The van der Waals surface area contributed by atoms with E-state index in [0.717, 1.165) is 18.2 Å². The van der Waals surface area contributed by atoms with Crippen LogP contribution in [0.25, 0.3) is 0 Å². The van der Waals surface area contributed by atoms with Crippen LogP contribution in [-0.4, -0.2) is 40.7 Å². The van der Waals surface area contributed by atoms with E-state index >= 15 is 0 Å². The number of ether oxygens (including phenoxy) is 1. The van der Waals surface area contributed by atoms with Crippen molar-refractivity contribution in [1.29, 1.82) is 0 Å². The number of carbonyl (C=O) groups excluding carboxylic acids is 1. The maximum Gasteiger partial charge on any atom is 0.249 e. The third kappa shape index (κ3) is 3.28. The van der Waals surface area contributed by atoms with Crippen molar-refractivity contribution in [1.82, 2.24) is 15.0 Å². The summed E-state index contributed by atoms with van der Waals surface area (Å²) in [5.41, 5.74) is 0.0151. The molecule has 6 nitrogen and oxygen atoms in total. The Hall–Kier alpha value is -2.35. The molecule has 1 fully saturated rings. The van der Waals surface area contributed by atoms with Gasteiger partial charge in [0.25, 0.3) is 0 Å². The van der Waals surface area contributed by atoms with Gasteiger partial charge in [0.15, 0.2) is 5.82 Å². The second-order valence-electron chi connectivity index (χ2n) is 5.75. The zero-order valence-corrected chi connectivity index (χ0v) is 13.3. The molecule has 128 valence electrons. The number of methoxy groups -OCH3 is 1. The number of amides is 1. The molecule has 0 unspecified atom stereocenters. The first-order valence-corrected chi connectivity index (χ1v) is 7.54. The van der Waals surface area contributed by atoms with Crippen LogP contribution >= 0.6 is 0 Å². The average molecular weight is 337 g/mol. The number of carbonyl (C=O) groups is 1. The van der Waals surface area contributed by atoms with Crippen molar-refractivity contribution >= 4 is 5.91 Å². The highest BCUT2D eigenvalue weighted by Gasteiger charge is 2.39. The lowest BCUT2D eigenvalue weighted by Gasteiger charge is -2.21. The second kappa shape index (κ2) is 6.64. The lowest BCUT2D eigenvalue weighted by Crippen LogP contribution is -2.33. The number of likely N-dealkylation sites (tertiary alicyclic amines) is 1. The SMILES string of the molecule is CO[C@@H]1C[C@H](c2nc(C)no2)N(C(=O)Cc2cc(F)ccc2F)C1. The van der Waals surface area contributed by atoms with E-state index in [9.17, 15) is 13.6 Å². The van der Waals surface area contributed by atoms with Gasteiger partial charge in [0.05, 0.1) is 12.5 Å². The van der Waals surface area contributed by atoms with Gasteiger partial charge in [0.2, 0.25) is 11.8 Å². The van der Waals surface area contributed by atoms with E-state index in [1.807, 2.05) is 0 Å². The Balaban J connectivity index is 1.82. The van der Waals surface area contributed by atoms with Crippen LogP contribution in [0, 0.1) is 18.6 Å². The molecule has 1 amide bonds.